The van der Waals surface area contributed by atoms with E-state index in [-0.39, 0.29) is 0 Å². The average Bonchev–Trinajstić information content (AvgIpc) is 3.03. The van der Waals surface area contributed by atoms with E-state index in [0.29, 0.717) is 18.5 Å². The van der Waals surface area contributed by atoms with Crippen molar-refractivity contribution < 1.29 is 8.94 Å². The predicted molar refractivity (Wildman–Crippen MR) is 80.2 cm³/mol. The zero-order valence-corrected chi connectivity index (χ0v) is 13.4. The van der Waals surface area contributed by atoms with Gasteiger partial charge in [-0.1, -0.05) is 5.16 Å². The average molecular weight is 305 g/mol. The topological polar surface area (TPSA) is 80.2 Å². The zero-order valence-electron chi connectivity index (χ0n) is 13.4. The summed E-state index contributed by atoms with van der Waals surface area (Å²) >= 11 is 0. The lowest BCUT2D eigenvalue weighted by molar-refractivity contribution is 0.175. The zero-order chi connectivity index (χ0) is 15.5. The van der Waals surface area contributed by atoms with E-state index in [1.165, 1.54) is 6.42 Å². The fourth-order valence-corrected chi connectivity index (χ4v) is 2.82. The lowest BCUT2D eigenvalue weighted by Crippen LogP contribution is -2.45. The number of nitrogens with zero attached hydrogens (tertiary/aromatic N) is 4. The molecule has 0 radical (unpaired) electrons. The number of rotatable bonds is 5. The number of aromatic nitrogens is 3. The molecule has 0 aromatic carbocycles. The summed E-state index contributed by atoms with van der Waals surface area (Å²) in [7, 11) is 0. The van der Waals surface area contributed by atoms with Gasteiger partial charge < -0.3 is 14.3 Å². The van der Waals surface area contributed by atoms with Crippen LogP contribution in [0.1, 0.15) is 41.9 Å². The Kier molecular flexibility index (Phi) is 4.54. The fourth-order valence-electron chi connectivity index (χ4n) is 2.82. The van der Waals surface area contributed by atoms with Gasteiger partial charge in [-0.3, -0.25) is 4.90 Å². The maximum atomic E-state index is 5.61. The Morgan fingerprint density at radius 3 is 2.82 bits per heavy atom. The van der Waals surface area contributed by atoms with E-state index in [9.17, 15) is 0 Å². The molecular weight excluding hydrogens is 282 g/mol. The third-order valence-corrected chi connectivity index (χ3v) is 4.05. The monoisotopic (exact) mass is 305 g/mol. The summed E-state index contributed by atoms with van der Waals surface area (Å²) in [6.45, 7) is 9.20. The Morgan fingerprint density at radius 1 is 1.27 bits per heavy atom. The third-order valence-electron chi connectivity index (χ3n) is 4.05. The highest BCUT2D eigenvalue weighted by molar-refractivity contribution is 5.05. The number of hydrogen-bond acceptors (Lipinski definition) is 7. The molecule has 2 aromatic rings. The van der Waals surface area contributed by atoms with Crippen LogP contribution in [0.5, 0.6) is 0 Å². The Morgan fingerprint density at radius 2 is 2.14 bits per heavy atom. The first-order chi connectivity index (χ1) is 10.6. The molecule has 1 N–H and O–H groups in total. The standard InChI is InChI=1S/C15H23N5O2/c1-10-11(2)21-15(17-10)7-16-13-5-4-6-20(8-13)9-14-18-12(3)22-19-14/h13,16H,4-9H2,1-3H3/t13-/m0/s1. The van der Waals surface area contributed by atoms with Crippen molar-refractivity contribution in [2.24, 2.45) is 0 Å². The van der Waals surface area contributed by atoms with E-state index >= 15 is 0 Å². The molecule has 1 aliphatic rings. The van der Waals surface area contributed by atoms with Crippen molar-refractivity contribution in [3.05, 3.63) is 29.1 Å². The van der Waals surface area contributed by atoms with Gasteiger partial charge in [-0.2, -0.15) is 4.98 Å². The highest BCUT2D eigenvalue weighted by atomic mass is 16.5. The Labute approximate surface area is 130 Å². The van der Waals surface area contributed by atoms with Crippen LogP contribution in [-0.2, 0) is 13.1 Å². The highest BCUT2D eigenvalue weighted by Crippen LogP contribution is 2.14. The smallest absolute Gasteiger partial charge is 0.223 e. The number of nitrogens with one attached hydrogen (secondary N) is 1. The molecular formula is C15H23N5O2. The van der Waals surface area contributed by atoms with Gasteiger partial charge in [0.25, 0.3) is 0 Å². The number of likely N-dealkylation sites (tertiary alicyclic amines) is 1. The summed E-state index contributed by atoms with van der Waals surface area (Å²) in [6.07, 6.45) is 2.33. The number of oxazole rings is 1. The van der Waals surface area contributed by atoms with Gasteiger partial charge in [-0.15, -0.1) is 0 Å². The van der Waals surface area contributed by atoms with Crippen LogP contribution < -0.4 is 5.32 Å². The Balaban J connectivity index is 1.50. The number of aryl methyl sites for hydroxylation is 3. The van der Waals surface area contributed by atoms with E-state index in [2.05, 4.69) is 25.3 Å². The second-order valence-corrected chi connectivity index (χ2v) is 5.93. The van der Waals surface area contributed by atoms with E-state index in [0.717, 1.165) is 49.2 Å². The SMILES string of the molecule is Cc1nc(CN2CCC[C@H](NCc3nc(C)c(C)o3)C2)no1. The van der Waals surface area contributed by atoms with Crippen molar-refractivity contribution in [3.63, 3.8) is 0 Å². The summed E-state index contributed by atoms with van der Waals surface area (Å²) in [5, 5.41) is 7.50. The summed E-state index contributed by atoms with van der Waals surface area (Å²) in [6, 6.07) is 0.439. The van der Waals surface area contributed by atoms with Crippen molar-refractivity contribution in [1.29, 1.82) is 0 Å². The number of piperidine rings is 1. The first kappa shape index (κ1) is 15.2. The van der Waals surface area contributed by atoms with Gasteiger partial charge in [0.15, 0.2) is 5.82 Å². The third kappa shape index (κ3) is 3.72. The molecule has 7 nitrogen and oxygen atoms in total. The van der Waals surface area contributed by atoms with Gasteiger partial charge >= 0.3 is 0 Å². The van der Waals surface area contributed by atoms with Crippen molar-refractivity contribution in [3.8, 4) is 0 Å². The molecule has 0 spiro atoms. The van der Waals surface area contributed by atoms with Crippen LogP contribution in [-0.4, -0.2) is 39.2 Å². The molecule has 0 aliphatic carbocycles. The summed E-state index contributed by atoms with van der Waals surface area (Å²) < 4.78 is 10.6. The summed E-state index contributed by atoms with van der Waals surface area (Å²) in [5.41, 5.74) is 0.967. The molecule has 0 unspecified atom stereocenters. The van der Waals surface area contributed by atoms with E-state index in [1.54, 1.807) is 0 Å². The Bertz CT molecular complexity index is 602. The van der Waals surface area contributed by atoms with Gasteiger partial charge in [0.05, 0.1) is 18.8 Å². The van der Waals surface area contributed by atoms with Gasteiger partial charge in [-0.05, 0) is 33.2 Å². The van der Waals surface area contributed by atoms with Gasteiger partial charge in [0.2, 0.25) is 11.8 Å². The van der Waals surface area contributed by atoms with E-state index in [1.807, 2.05) is 20.8 Å². The highest BCUT2D eigenvalue weighted by Gasteiger charge is 2.21. The molecule has 2 aromatic heterocycles. The second kappa shape index (κ2) is 6.58. The minimum Gasteiger partial charge on any atom is -0.444 e. The molecule has 22 heavy (non-hydrogen) atoms. The minimum atomic E-state index is 0.439. The molecule has 0 bridgehead atoms. The molecule has 1 fully saturated rings. The molecule has 1 saturated heterocycles. The minimum absolute atomic E-state index is 0.439. The summed E-state index contributed by atoms with van der Waals surface area (Å²) in [5.74, 6) is 3.05. The molecule has 1 aliphatic heterocycles. The van der Waals surface area contributed by atoms with Gasteiger partial charge in [0.1, 0.15) is 5.76 Å². The lowest BCUT2D eigenvalue weighted by atomic mass is 10.1. The van der Waals surface area contributed by atoms with Crippen LogP contribution in [0.4, 0.5) is 0 Å². The van der Waals surface area contributed by atoms with Crippen molar-refractivity contribution in [2.75, 3.05) is 13.1 Å². The maximum Gasteiger partial charge on any atom is 0.223 e. The van der Waals surface area contributed by atoms with E-state index < -0.39 is 0 Å². The molecule has 3 rings (SSSR count). The lowest BCUT2D eigenvalue weighted by Gasteiger charge is -2.32. The molecule has 1 atom stereocenters. The van der Waals surface area contributed by atoms with Gasteiger partial charge in [0, 0.05) is 19.5 Å². The summed E-state index contributed by atoms with van der Waals surface area (Å²) in [4.78, 5) is 11.0. The van der Waals surface area contributed by atoms with Crippen molar-refractivity contribution >= 4 is 0 Å². The molecule has 7 heteroatoms. The second-order valence-electron chi connectivity index (χ2n) is 5.93. The Hall–Kier alpha value is -1.73. The number of hydrogen-bond donors (Lipinski definition) is 1. The van der Waals surface area contributed by atoms with Crippen LogP contribution in [0.25, 0.3) is 0 Å². The fraction of sp³-hybridized carbons (Fsp3) is 0.667. The predicted octanol–water partition coefficient (Wildman–Crippen LogP) is 1.74. The first-order valence-electron chi connectivity index (χ1n) is 7.78. The van der Waals surface area contributed by atoms with Crippen LogP contribution >= 0.6 is 0 Å². The molecule has 3 heterocycles. The molecule has 120 valence electrons. The van der Waals surface area contributed by atoms with E-state index in [4.69, 9.17) is 8.94 Å². The largest absolute Gasteiger partial charge is 0.444 e. The van der Waals surface area contributed by atoms with Crippen LogP contribution in [0.15, 0.2) is 8.94 Å². The van der Waals surface area contributed by atoms with Crippen molar-refractivity contribution in [2.45, 2.75) is 52.7 Å². The quantitative estimate of drug-likeness (QED) is 0.901. The van der Waals surface area contributed by atoms with Crippen molar-refractivity contribution in [1.82, 2.24) is 25.3 Å². The maximum absolute atomic E-state index is 5.61. The molecule has 0 amide bonds. The first-order valence-corrected chi connectivity index (χ1v) is 7.78. The normalized spacial score (nSPS) is 19.7. The van der Waals surface area contributed by atoms with Crippen LogP contribution in [0.3, 0.4) is 0 Å². The van der Waals surface area contributed by atoms with Crippen LogP contribution in [0.2, 0.25) is 0 Å². The van der Waals surface area contributed by atoms with Gasteiger partial charge in [-0.25, -0.2) is 4.98 Å². The molecule has 0 saturated carbocycles. The van der Waals surface area contributed by atoms with Crippen LogP contribution in [0, 0.1) is 20.8 Å².